The van der Waals surface area contributed by atoms with Crippen LogP contribution in [0.15, 0.2) is 39.9 Å². The van der Waals surface area contributed by atoms with E-state index in [4.69, 9.17) is 4.74 Å². The molecule has 2 heterocycles. The van der Waals surface area contributed by atoms with Gasteiger partial charge in [-0.15, -0.1) is 0 Å². The summed E-state index contributed by atoms with van der Waals surface area (Å²) in [6.45, 7) is 3.25. The highest BCUT2D eigenvalue weighted by Crippen LogP contribution is 2.20. The first kappa shape index (κ1) is 13.4. The van der Waals surface area contributed by atoms with Crippen molar-refractivity contribution in [1.82, 2.24) is 9.97 Å². The molecule has 1 aromatic heterocycles. The van der Waals surface area contributed by atoms with Gasteiger partial charge in [-0.2, -0.15) is 0 Å². The van der Waals surface area contributed by atoms with Crippen molar-refractivity contribution in [3.05, 3.63) is 51.2 Å². The van der Waals surface area contributed by atoms with Gasteiger partial charge in [-0.25, -0.2) is 4.79 Å². The third-order valence-corrected chi connectivity index (χ3v) is 3.28. The van der Waals surface area contributed by atoms with Gasteiger partial charge >= 0.3 is 5.69 Å². The van der Waals surface area contributed by atoms with Crippen molar-refractivity contribution < 1.29 is 4.74 Å². The molecule has 0 spiro atoms. The summed E-state index contributed by atoms with van der Waals surface area (Å²) in [6.07, 6.45) is 0. The molecule has 3 N–H and O–H groups in total. The maximum absolute atomic E-state index is 11.2. The van der Waals surface area contributed by atoms with Gasteiger partial charge in [-0.3, -0.25) is 14.8 Å². The van der Waals surface area contributed by atoms with E-state index in [0.717, 1.165) is 37.7 Å². The molecule has 0 aliphatic carbocycles. The minimum absolute atomic E-state index is 0.364. The van der Waals surface area contributed by atoms with Crippen molar-refractivity contribution in [3.63, 3.8) is 0 Å². The van der Waals surface area contributed by atoms with Crippen LogP contribution >= 0.6 is 0 Å². The van der Waals surface area contributed by atoms with E-state index < -0.39 is 11.2 Å². The van der Waals surface area contributed by atoms with Gasteiger partial charge in [0, 0.05) is 30.5 Å². The van der Waals surface area contributed by atoms with Crippen LogP contribution in [0.3, 0.4) is 0 Å². The number of H-pyrrole nitrogens is 2. The maximum atomic E-state index is 11.2. The van der Waals surface area contributed by atoms with Gasteiger partial charge in [0.1, 0.15) is 5.82 Å². The summed E-state index contributed by atoms with van der Waals surface area (Å²) in [4.78, 5) is 29.3. The Morgan fingerprint density at radius 2 is 1.76 bits per heavy atom. The lowest BCUT2D eigenvalue weighted by Gasteiger charge is -2.28. The molecule has 0 saturated carbocycles. The first-order valence-electron chi connectivity index (χ1n) is 6.74. The molecular formula is C14H16N4O3. The second-order valence-electron chi connectivity index (χ2n) is 4.77. The molecule has 7 nitrogen and oxygen atoms in total. The third-order valence-electron chi connectivity index (χ3n) is 3.28. The summed E-state index contributed by atoms with van der Waals surface area (Å²) >= 11 is 0. The minimum atomic E-state index is -0.532. The zero-order valence-electron chi connectivity index (χ0n) is 11.4. The average Bonchev–Trinajstić information content (AvgIpc) is 2.48. The summed E-state index contributed by atoms with van der Waals surface area (Å²) in [6, 6.07) is 9.11. The Morgan fingerprint density at radius 1 is 1.05 bits per heavy atom. The fourth-order valence-electron chi connectivity index (χ4n) is 2.27. The Bertz CT molecular complexity index is 686. The van der Waals surface area contributed by atoms with Crippen molar-refractivity contribution in [2.75, 3.05) is 36.5 Å². The fraction of sp³-hybridized carbons (Fsp3) is 0.286. The SMILES string of the molecule is O=c1cc(Nc2ccc(N3CCOCC3)cc2)[nH]c(=O)[nH]1. The van der Waals surface area contributed by atoms with Crippen LogP contribution in [-0.4, -0.2) is 36.3 Å². The van der Waals surface area contributed by atoms with E-state index in [1.54, 1.807) is 0 Å². The first-order chi connectivity index (χ1) is 10.2. The van der Waals surface area contributed by atoms with Crippen LogP contribution in [-0.2, 0) is 4.74 Å². The number of benzene rings is 1. The molecule has 7 heteroatoms. The van der Waals surface area contributed by atoms with Crippen LogP contribution in [0.25, 0.3) is 0 Å². The summed E-state index contributed by atoms with van der Waals surface area (Å²) in [5.74, 6) is 0.364. The Balaban J connectivity index is 1.74. The molecule has 1 aromatic carbocycles. The highest BCUT2D eigenvalue weighted by molar-refractivity contribution is 5.60. The number of nitrogens with one attached hydrogen (secondary N) is 3. The van der Waals surface area contributed by atoms with Crippen LogP contribution in [0.5, 0.6) is 0 Å². The normalized spacial score (nSPS) is 15.0. The van der Waals surface area contributed by atoms with Gasteiger partial charge in [0.2, 0.25) is 0 Å². The molecule has 0 bridgehead atoms. The number of aromatic nitrogens is 2. The van der Waals surface area contributed by atoms with Crippen molar-refractivity contribution in [2.45, 2.75) is 0 Å². The van der Waals surface area contributed by atoms with Crippen LogP contribution in [0, 0.1) is 0 Å². The van der Waals surface area contributed by atoms with Crippen molar-refractivity contribution in [1.29, 1.82) is 0 Å². The summed E-state index contributed by atoms with van der Waals surface area (Å²) < 4.78 is 5.33. The average molecular weight is 288 g/mol. The Labute approximate surface area is 120 Å². The monoisotopic (exact) mass is 288 g/mol. The van der Waals surface area contributed by atoms with E-state index >= 15 is 0 Å². The lowest BCUT2D eigenvalue weighted by Crippen LogP contribution is -2.36. The van der Waals surface area contributed by atoms with Crippen LogP contribution < -0.4 is 21.5 Å². The number of nitrogens with zero attached hydrogens (tertiary/aromatic N) is 1. The van der Waals surface area contributed by atoms with Crippen molar-refractivity contribution in [3.8, 4) is 0 Å². The Hall–Kier alpha value is -2.54. The summed E-state index contributed by atoms with van der Waals surface area (Å²) in [5.41, 5.74) is 0.956. The molecule has 3 rings (SSSR count). The van der Waals surface area contributed by atoms with E-state index in [0.29, 0.717) is 5.82 Å². The number of morpholine rings is 1. The van der Waals surface area contributed by atoms with Gasteiger partial charge in [-0.1, -0.05) is 0 Å². The number of hydrogen-bond donors (Lipinski definition) is 3. The Morgan fingerprint density at radius 3 is 2.43 bits per heavy atom. The minimum Gasteiger partial charge on any atom is -0.378 e. The molecule has 2 aromatic rings. The molecule has 1 aliphatic rings. The molecule has 110 valence electrons. The van der Waals surface area contributed by atoms with Gasteiger partial charge in [0.15, 0.2) is 0 Å². The smallest absolute Gasteiger partial charge is 0.327 e. The predicted molar refractivity (Wildman–Crippen MR) is 80.4 cm³/mol. The van der Waals surface area contributed by atoms with Crippen LogP contribution in [0.2, 0.25) is 0 Å². The van der Waals surface area contributed by atoms with E-state index in [9.17, 15) is 9.59 Å². The third kappa shape index (κ3) is 3.32. The molecule has 1 fully saturated rings. The molecule has 0 amide bonds. The lowest BCUT2D eigenvalue weighted by atomic mass is 10.2. The van der Waals surface area contributed by atoms with Gasteiger partial charge in [-0.05, 0) is 24.3 Å². The number of ether oxygens (including phenoxy) is 1. The quantitative estimate of drug-likeness (QED) is 0.771. The molecule has 1 saturated heterocycles. The largest absolute Gasteiger partial charge is 0.378 e. The highest BCUT2D eigenvalue weighted by atomic mass is 16.5. The molecule has 0 unspecified atom stereocenters. The fourth-order valence-corrected chi connectivity index (χ4v) is 2.27. The topological polar surface area (TPSA) is 90.2 Å². The van der Waals surface area contributed by atoms with Crippen LogP contribution in [0.1, 0.15) is 0 Å². The van der Waals surface area contributed by atoms with E-state index in [1.165, 1.54) is 6.07 Å². The molecule has 1 aliphatic heterocycles. The zero-order valence-corrected chi connectivity index (χ0v) is 11.4. The molecule has 21 heavy (non-hydrogen) atoms. The molecule has 0 radical (unpaired) electrons. The van der Waals surface area contributed by atoms with Gasteiger partial charge in [0.05, 0.1) is 13.2 Å². The Kier molecular flexibility index (Phi) is 3.74. The second kappa shape index (κ2) is 5.84. The predicted octanol–water partition coefficient (Wildman–Crippen LogP) is 0.643. The van der Waals surface area contributed by atoms with Crippen LogP contribution in [0.4, 0.5) is 17.2 Å². The van der Waals surface area contributed by atoms with E-state index in [2.05, 4.69) is 20.2 Å². The first-order valence-corrected chi connectivity index (χ1v) is 6.74. The van der Waals surface area contributed by atoms with Crippen molar-refractivity contribution >= 4 is 17.2 Å². The van der Waals surface area contributed by atoms with E-state index in [1.807, 2.05) is 24.3 Å². The molecule has 0 atom stereocenters. The number of hydrogen-bond acceptors (Lipinski definition) is 5. The second-order valence-corrected chi connectivity index (χ2v) is 4.77. The number of rotatable bonds is 3. The maximum Gasteiger partial charge on any atom is 0.327 e. The zero-order chi connectivity index (χ0) is 14.7. The van der Waals surface area contributed by atoms with Crippen molar-refractivity contribution in [2.24, 2.45) is 0 Å². The van der Waals surface area contributed by atoms with Gasteiger partial charge in [0.25, 0.3) is 5.56 Å². The van der Waals surface area contributed by atoms with Gasteiger partial charge < -0.3 is 15.0 Å². The summed E-state index contributed by atoms with van der Waals surface area (Å²) in [7, 11) is 0. The standard InChI is InChI=1S/C14H16N4O3/c19-13-9-12(16-14(20)17-13)15-10-1-3-11(4-2-10)18-5-7-21-8-6-18/h1-4,9H,5-8H2,(H3,15,16,17,19,20). The summed E-state index contributed by atoms with van der Waals surface area (Å²) in [5, 5.41) is 3.00. The molecular weight excluding hydrogens is 272 g/mol. The lowest BCUT2D eigenvalue weighted by molar-refractivity contribution is 0.122. The number of anilines is 3. The highest BCUT2D eigenvalue weighted by Gasteiger charge is 2.10. The van der Waals surface area contributed by atoms with E-state index in [-0.39, 0.29) is 0 Å². The number of aromatic amines is 2.